The lowest BCUT2D eigenvalue weighted by Crippen LogP contribution is -2.39. The first-order chi connectivity index (χ1) is 10.1. The molecule has 0 spiro atoms. The zero-order chi connectivity index (χ0) is 15.7. The van der Waals surface area contributed by atoms with Crippen molar-refractivity contribution in [2.45, 2.75) is 18.9 Å². The van der Waals surface area contributed by atoms with Crippen molar-refractivity contribution in [2.24, 2.45) is 0 Å². The van der Waals surface area contributed by atoms with Crippen molar-refractivity contribution < 1.29 is 23.5 Å². The molecule has 0 saturated heterocycles. The van der Waals surface area contributed by atoms with Gasteiger partial charge in [-0.1, -0.05) is 0 Å². The highest BCUT2D eigenvalue weighted by molar-refractivity contribution is 6.00. The number of halogens is 1. The van der Waals surface area contributed by atoms with Crippen LogP contribution in [-0.2, 0) is 14.3 Å². The third kappa shape index (κ3) is 6.01. The van der Waals surface area contributed by atoms with E-state index in [4.69, 9.17) is 4.74 Å². The molecule has 0 radical (unpaired) electrons. The van der Waals surface area contributed by atoms with Gasteiger partial charge in [0.15, 0.2) is 5.78 Å². The molecule has 0 fully saturated rings. The van der Waals surface area contributed by atoms with Crippen molar-refractivity contribution in [3.8, 4) is 0 Å². The average molecular weight is 297 g/mol. The van der Waals surface area contributed by atoms with Gasteiger partial charge in [0.05, 0.1) is 19.8 Å². The van der Waals surface area contributed by atoms with Gasteiger partial charge >= 0.3 is 5.97 Å². The Hall–Kier alpha value is -1.79. The van der Waals surface area contributed by atoms with E-state index in [1.165, 1.54) is 31.4 Å². The number of carbonyl (C=O) groups excluding carboxylic acids is 2. The predicted molar refractivity (Wildman–Crippen MR) is 75.6 cm³/mol. The Morgan fingerprint density at radius 2 is 1.90 bits per heavy atom. The summed E-state index contributed by atoms with van der Waals surface area (Å²) in [4.78, 5) is 23.6. The summed E-state index contributed by atoms with van der Waals surface area (Å²) < 4.78 is 22.4. The molecule has 21 heavy (non-hydrogen) atoms. The number of nitrogens with one attached hydrogen (secondary N) is 1. The van der Waals surface area contributed by atoms with Crippen molar-refractivity contribution in [1.82, 2.24) is 5.32 Å². The van der Waals surface area contributed by atoms with Crippen molar-refractivity contribution in [3.05, 3.63) is 35.6 Å². The quantitative estimate of drug-likeness (QED) is 0.426. The Morgan fingerprint density at radius 1 is 1.24 bits per heavy atom. The molecule has 1 aromatic rings. The first-order valence-corrected chi connectivity index (χ1v) is 6.67. The minimum Gasteiger partial charge on any atom is -0.469 e. The highest BCUT2D eigenvalue weighted by Crippen LogP contribution is 2.10. The van der Waals surface area contributed by atoms with Gasteiger partial charge in [0.25, 0.3) is 0 Å². The normalized spacial score (nSPS) is 12.0. The minimum absolute atomic E-state index is 0.133. The second-order valence-electron chi connectivity index (χ2n) is 4.49. The van der Waals surface area contributed by atoms with Crippen LogP contribution in [0.25, 0.3) is 0 Å². The number of hydrogen-bond acceptors (Lipinski definition) is 5. The number of Topliss-reactive ketones (excluding diaryl/α,β-unsaturated/α-hetero) is 1. The lowest BCUT2D eigenvalue weighted by Gasteiger charge is -2.17. The topological polar surface area (TPSA) is 64.6 Å². The van der Waals surface area contributed by atoms with Crippen LogP contribution in [0.1, 0.15) is 23.2 Å². The SMILES string of the molecule is COCCNC(CCC(=O)OC)C(=O)c1ccc(F)cc1. The molecule has 116 valence electrons. The van der Waals surface area contributed by atoms with E-state index in [-0.39, 0.29) is 18.2 Å². The summed E-state index contributed by atoms with van der Waals surface area (Å²) in [6, 6.07) is 4.80. The number of ether oxygens (including phenoxy) is 2. The monoisotopic (exact) mass is 297 g/mol. The molecule has 0 aliphatic carbocycles. The van der Waals surface area contributed by atoms with Crippen molar-refractivity contribution in [2.75, 3.05) is 27.4 Å². The number of carbonyl (C=O) groups is 2. The standard InChI is InChI=1S/C15H20FNO4/c1-20-10-9-17-13(7-8-14(18)21-2)15(19)11-3-5-12(16)6-4-11/h3-6,13,17H,7-10H2,1-2H3. The van der Waals surface area contributed by atoms with E-state index >= 15 is 0 Å². The average Bonchev–Trinajstić information content (AvgIpc) is 2.50. The van der Waals surface area contributed by atoms with E-state index in [0.29, 0.717) is 25.1 Å². The fourth-order valence-corrected chi connectivity index (χ4v) is 1.84. The predicted octanol–water partition coefficient (Wildman–Crippen LogP) is 1.57. The van der Waals surface area contributed by atoms with Crippen molar-refractivity contribution in [3.63, 3.8) is 0 Å². The van der Waals surface area contributed by atoms with E-state index < -0.39 is 11.9 Å². The van der Waals surface area contributed by atoms with Gasteiger partial charge in [0.2, 0.25) is 0 Å². The van der Waals surface area contributed by atoms with Crippen LogP contribution >= 0.6 is 0 Å². The van der Waals surface area contributed by atoms with Gasteiger partial charge in [-0.2, -0.15) is 0 Å². The van der Waals surface area contributed by atoms with E-state index in [9.17, 15) is 14.0 Å². The van der Waals surface area contributed by atoms with Crippen LogP contribution in [0.3, 0.4) is 0 Å². The number of methoxy groups -OCH3 is 2. The molecule has 1 rings (SSSR count). The fraction of sp³-hybridized carbons (Fsp3) is 0.467. The highest BCUT2D eigenvalue weighted by atomic mass is 19.1. The summed E-state index contributed by atoms with van der Waals surface area (Å²) in [5, 5.41) is 3.04. The molecule has 5 nitrogen and oxygen atoms in total. The largest absolute Gasteiger partial charge is 0.469 e. The smallest absolute Gasteiger partial charge is 0.305 e. The van der Waals surface area contributed by atoms with Crippen LogP contribution in [-0.4, -0.2) is 45.2 Å². The Kier molecular flexibility index (Phi) is 7.56. The zero-order valence-corrected chi connectivity index (χ0v) is 12.2. The number of benzene rings is 1. The van der Waals surface area contributed by atoms with Crippen LogP contribution in [0.2, 0.25) is 0 Å². The van der Waals surface area contributed by atoms with Crippen LogP contribution in [0.5, 0.6) is 0 Å². The van der Waals surface area contributed by atoms with Gasteiger partial charge in [0, 0.05) is 25.6 Å². The molecule has 0 saturated carbocycles. The first kappa shape index (κ1) is 17.3. The lowest BCUT2D eigenvalue weighted by molar-refractivity contribution is -0.140. The van der Waals surface area contributed by atoms with Crippen LogP contribution < -0.4 is 5.32 Å². The molecule has 1 unspecified atom stereocenters. The van der Waals surface area contributed by atoms with E-state index in [2.05, 4.69) is 10.1 Å². The van der Waals surface area contributed by atoms with Gasteiger partial charge in [0.1, 0.15) is 5.82 Å². The maximum Gasteiger partial charge on any atom is 0.305 e. The first-order valence-electron chi connectivity index (χ1n) is 6.67. The second kappa shape index (κ2) is 9.20. The molecule has 0 bridgehead atoms. The summed E-state index contributed by atoms with van der Waals surface area (Å²) in [6.07, 6.45) is 0.445. The molecule has 1 N–H and O–H groups in total. The van der Waals surface area contributed by atoms with Gasteiger partial charge in [-0.25, -0.2) is 4.39 Å². The molecular weight excluding hydrogens is 277 g/mol. The Balaban J connectivity index is 2.70. The molecule has 1 atom stereocenters. The molecule has 0 heterocycles. The molecule has 0 aromatic heterocycles. The Morgan fingerprint density at radius 3 is 2.48 bits per heavy atom. The number of rotatable bonds is 9. The fourth-order valence-electron chi connectivity index (χ4n) is 1.84. The van der Waals surface area contributed by atoms with Crippen LogP contribution in [0.15, 0.2) is 24.3 Å². The van der Waals surface area contributed by atoms with Gasteiger partial charge in [-0.05, 0) is 30.7 Å². The maximum absolute atomic E-state index is 12.9. The maximum atomic E-state index is 12.9. The minimum atomic E-state index is -0.537. The number of hydrogen-bond donors (Lipinski definition) is 1. The second-order valence-corrected chi connectivity index (χ2v) is 4.49. The lowest BCUT2D eigenvalue weighted by atomic mass is 10.00. The van der Waals surface area contributed by atoms with Crippen molar-refractivity contribution in [1.29, 1.82) is 0 Å². The molecule has 0 aliphatic heterocycles. The third-order valence-electron chi connectivity index (χ3n) is 3.01. The summed E-state index contributed by atoms with van der Waals surface area (Å²) in [5.41, 5.74) is 0.399. The van der Waals surface area contributed by atoms with Gasteiger partial charge in [-0.3, -0.25) is 9.59 Å². The van der Waals surface area contributed by atoms with E-state index in [1.54, 1.807) is 7.11 Å². The zero-order valence-electron chi connectivity index (χ0n) is 12.2. The summed E-state index contributed by atoms with van der Waals surface area (Å²) >= 11 is 0. The van der Waals surface area contributed by atoms with E-state index in [0.717, 1.165) is 0 Å². The van der Waals surface area contributed by atoms with E-state index in [1.807, 2.05) is 0 Å². The summed E-state index contributed by atoms with van der Waals surface area (Å²) in [6.45, 7) is 0.931. The Bertz CT molecular complexity index is 461. The van der Waals surface area contributed by atoms with Crippen LogP contribution in [0.4, 0.5) is 4.39 Å². The molecular formula is C15H20FNO4. The number of ketones is 1. The van der Waals surface area contributed by atoms with Gasteiger partial charge < -0.3 is 14.8 Å². The molecule has 0 aliphatic rings. The molecule has 1 aromatic carbocycles. The molecule has 0 amide bonds. The number of esters is 1. The summed E-state index contributed by atoms with van der Waals surface area (Å²) in [7, 11) is 2.87. The molecule has 6 heteroatoms. The van der Waals surface area contributed by atoms with Gasteiger partial charge in [-0.15, -0.1) is 0 Å². The third-order valence-corrected chi connectivity index (χ3v) is 3.01. The summed E-state index contributed by atoms with van der Waals surface area (Å²) in [5.74, 6) is -0.958. The van der Waals surface area contributed by atoms with Crippen LogP contribution in [0, 0.1) is 5.82 Å². The van der Waals surface area contributed by atoms with Crippen molar-refractivity contribution >= 4 is 11.8 Å². The Labute approximate surface area is 123 Å². The highest BCUT2D eigenvalue weighted by Gasteiger charge is 2.20.